The van der Waals surface area contributed by atoms with Gasteiger partial charge in [0.1, 0.15) is 0 Å². The molecule has 1 aliphatic rings. The smallest absolute Gasteiger partial charge is 0.266 e. The Kier molecular flexibility index (Phi) is 3.98. The van der Waals surface area contributed by atoms with E-state index in [2.05, 4.69) is 0 Å². The number of carbonyl (C=O) groups excluding carboxylic acids is 1. The number of benzene rings is 2. The molecular weight excluding hydrogens is 310 g/mol. The van der Waals surface area contributed by atoms with Crippen molar-refractivity contribution >= 4 is 15.9 Å². The molecule has 0 N–H and O–H groups in total. The van der Waals surface area contributed by atoms with Gasteiger partial charge in [-0.05, 0) is 31.5 Å². The van der Waals surface area contributed by atoms with E-state index < -0.39 is 16.1 Å². The van der Waals surface area contributed by atoms with E-state index >= 15 is 0 Å². The highest BCUT2D eigenvalue weighted by Gasteiger charge is 2.44. The SMILES string of the molecule is Cc1ccc(S(=O)(=O)N2C(=O)C[C@@H](c3ccccc3)[C@@H]2C)cc1. The Labute approximate surface area is 136 Å². The first-order valence-corrected chi connectivity index (χ1v) is 9.04. The van der Waals surface area contributed by atoms with Crippen LogP contribution in [0.1, 0.15) is 30.4 Å². The van der Waals surface area contributed by atoms with Crippen molar-refractivity contribution in [1.29, 1.82) is 0 Å². The molecule has 1 aliphatic heterocycles. The summed E-state index contributed by atoms with van der Waals surface area (Å²) in [5, 5.41) is 0. The van der Waals surface area contributed by atoms with Gasteiger partial charge < -0.3 is 0 Å². The fraction of sp³-hybridized carbons (Fsp3) is 0.278. The lowest BCUT2D eigenvalue weighted by Crippen LogP contribution is -2.38. The van der Waals surface area contributed by atoms with Gasteiger partial charge in [-0.2, -0.15) is 0 Å². The molecule has 0 spiro atoms. The fourth-order valence-electron chi connectivity index (χ4n) is 3.11. The lowest BCUT2D eigenvalue weighted by molar-refractivity contribution is -0.124. The third-order valence-electron chi connectivity index (χ3n) is 4.40. The zero-order valence-corrected chi connectivity index (χ0v) is 14.0. The summed E-state index contributed by atoms with van der Waals surface area (Å²) in [5.74, 6) is -0.448. The first-order chi connectivity index (χ1) is 10.9. The lowest BCUT2D eigenvalue weighted by atomic mass is 9.93. The molecule has 0 aromatic heterocycles. The number of rotatable bonds is 3. The van der Waals surface area contributed by atoms with Crippen LogP contribution in [0, 0.1) is 6.92 Å². The van der Waals surface area contributed by atoms with E-state index in [4.69, 9.17) is 0 Å². The third kappa shape index (κ3) is 2.77. The molecule has 2 aromatic carbocycles. The Balaban J connectivity index is 1.96. The van der Waals surface area contributed by atoms with Crippen LogP contribution < -0.4 is 0 Å². The van der Waals surface area contributed by atoms with Crippen molar-refractivity contribution in [3.8, 4) is 0 Å². The highest BCUT2D eigenvalue weighted by atomic mass is 32.2. The maximum Gasteiger partial charge on any atom is 0.266 e. The Hall–Kier alpha value is -2.14. The highest BCUT2D eigenvalue weighted by Crippen LogP contribution is 2.37. The molecule has 4 nitrogen and oxygen atoms in total. The standard InChI is InChI=1S/C18H19NO3S/c1-13-8-10-16(11-9-13)23(21,22)19-14(2)17(12-18(19)20)15-6-4-3-5-7-15/h3-11,14,17H,12H2,1-2H3/t14-,17+/m0/s1. The molecule has 1 heterocycles. The zero-order valence-electron chi connectivity index (χ0n) is 13.1. The van der Waals surface area contributed by atoms with Crippen molar-refractivity contribution in [3.63, 3.8) is 0 Å². The van der Waals surface area contributed by atoms with Crippen LogP contribution in [-0.2, 0) is 14.8 Å². The van der Waals surface area contributed by atoms with E-state index in [-0.39, 0.29) is 23.1 Å². The number of hydrogen-bond acceptors (Lipinski definition) is 3. The summed E-state index contributed by atoms with van der Waals surface area (Å²) < 4.78 is 26.7. The summed E-state index contributed by atoms with van der Waals surface area (Å²) in [6.07, 6.45) is 0.219. The zero-order chi connectivity index (χ0) is 16.6. The van der Waals surface area contributed by atoms with E-state index in [0.29, 0.717) is 0 Å². The van der Waals surface area contributed by atoms with Crippen molar-refractivity contribution < 1.29 is 13.2 Å². The predicted octanol–water partition coefficient (Wildman–Crippen LogP) is 3.09. The van der Waals surface area contributed by atoms with Crippen LogP contribution in [0.5, 0.6) is 0 Å². The third-order valence-corrected chi connectivity index (χ3v) is 6.32. The van der Waals surface area contributed by atoms with Crippen molar-refractivity contribution in [2.75, 3.05) is 0 Å². The number of carbonyl (C=O) groups is 1. The fourth-order valence-corrected chi connectivity index (χ4v) is 4.75. The van der Waals surface area contributed by atoms with E-state index in [1.807, 2.05) is 37.3 Å². The van der Waals surface area contributed by atoms with Gasteiger partial charge in [-0.3, -0.25) is 4.79 Å². The molecule has 0 saturated carbocycles. The molecular formula is C18H19NO3S. The molecule has 0 radical (unpaired) electrons. The minimum Gasteiger partial charge on any atom is -0.274 e. The second kappa shape index (κ2) is 5.81. The van der Waals surface area contributed by atoms with E-state index in [0.717, 1.165) is 15.4 Å². The van der Waals surface area contributed by atoms with Gasteiger partial charge in [-0.1, -0.05) is 48.0 Å². The molecule has 3 rings (SSSR count). The van der Waals surface area contributed by atoms with Crippen molar-refractivity contribution in [2.24, 2.45) is 0 Å². The Bertz CT molecular complexity index is 813. The minimum absolute atomic E-state index is 0.107. The number of amides is 1. The molecule has 120 valence electrons. The van der Waals surface area contributed by atoms with Gasteiger partial charge in [0.2, 0.25) is 5.91 Å². The lowest BCUT2D eigenvalue weighted by Gasteiger charge is -2.24. The topological polar surface area (TPSA) is 54.5 Å². The van der Waals surface area contributed by atoms with Gasteiger partial charge >= 0.3 is 0 Å². The average molecular weight is 329 g/mol. The van der Waals surface area contributed by atoms with Crippen LogP contribution in [0.3, 0.4) is 0 Å². The van der Waals surface area contributed by atoms with Gasteiger partial charge in [-0.25, -0.2) is 12.7 Å². The van der Waals surface area contributed by atoms with Gasteiger partial charge in [0.05, 0.1) is 10.9 Å². The summed E-state index contributed by atoms with van der Waals surface area (Å²) in [7, 11) is -3.81. The monoisotopic (exact) mass is 329 g/mol. The second-order valence-corrected chi connectivity index (χ2v) is 7.78. The first-order valence-electron chi connectivity index (χ1n) is 7.60. The van der Waals surface area contributed by atoms with Crippen LogP contribution in [0.4, 0.5) is 0 Å². The molecule has 5 heteroatoms. The van der Waals surface area contributed by atoms with Crippen LogP contribution >= 0.6 is 0 Å². The minimum atomic E-state index is -3.81. The maximum absolute atomic E-state index is 12.8. The Morgan fingerprint density at radius 2 is 1.61 bits per heavy atom. The summed E-state index contributed by atoms with van der Waals surface area (Å²) in [4.78, 5) is 12.6. The van der Waals surface area contributed by atoms with Gasteiger partial charge in [0.25, 0.3) is 10.0 Å². The second-order valence-electron chi connectivity index (χ2n) is 5.97. The van der Waals surface area contributed by atoms with E-state index in [9.17, 15) is 13.2 Å². The van der Waals surface area contributed by atoms with Crippen molar-refractivity contribution in [1.82, 2.24) is 4.31 Å². The Morgan fingerprint density at radius 3 is 2.22 bits per heavy atom. The molecule has 0 unspecified atom stereocenters. The predicted molar refractivity (Wildman–Crippen MR) is 88.5 cm³/mol. The number of nitrogens with zero attached hydrogens (tertiary/aromatic N) is 1. The Morgan fingerprint density at radius 1 is 1.00 bits per heavy atom. The summed E-state index contributed by atoms with van der Waals surface area (Å²) in [6.45, 7) is 3.69. The number of sulfonamides is 1. The molecule has 23 heavy (non-hydrogen) atoms. The molecule has 0 bridgehead atoms. The number of hydrogen-bond donors (Lipinski definition) is 0. The molecule has 1 amide bonds. The van der Waals surface area contributed by atoms with Gasteiger partial charge in [-0.15, -0.1) is 0 Å². The summed E-state index contributed by atoms with van der Waals surface area (Å²) in [6, 6.07) is 15.8. The van der Waals surface area contributed by atoms with Crippen LogP contribution in [0.2, 0.25) is 0 Å². The highest BCUT2D eigenvalue weighted by molar-refractivity contribution is 7.89. The maximum atomic E-state index is 12.8. The van der Waals surface area contributed by atoms with E-state index in [1.165, 1.54) is 0 Å². The average Bonchev–Trinajstić information content (AvgIpc) is 2.84. The molecule has 1 saturated heterocycles. The van der Waals surface area contributed by atoms with Gasteiger partial charge in [0, 0.05) is 12.3 Å². The molecule has 2 atom stereocenters. The number of aryl methyl sites for hydroxylation is 1. The van der Waals surface area contributed by atoms with Crippen LogP contribution in [0.25, 0.3) is 0 Å². The van der Waals surface area contributed by atoms with E-state index in [1.54, 1.807) is 31.2 Å². The van der Waals surface area contributed by atoms with Crippen LogP contribution in [-0.4, -0.2) is 24.7 Å². The summed E-state index contributed by atoms with van der Waals surface area (Å²) >= 11 is 0. The summed E-state index contributed by atoms with van der Waals surface area (Å²) in [5.41, 5.74) is 1.97. The van der Waals surface area contributed by atoms with Gasteiger partial charge in [0.15, 0.2) is 0 Å². The molecule has 1 fully saturated rings. The molecule has 0 aliphatic carbocycles. The van der Waals surface area contributed by atoms with Crippen molar-refractivity contribution in [3.05, 3.63) is 65.7 Å². The van der Waals surface area contributed by atoms with Crippen molar-refractivity contribution in [2.45, 2.75) is 37.1 Å². The normalized spacial score (nSPS) is 21.7. The molecule has 2 aromatic rings. The quantitative estimate of drug-likeness (QED) is 0.869. The first kappa shape index (κ1) is 15.7. The largest absolute Gasteiger partial charge is 0.274 e. The van der Waals surface area contributed by atoms with Crippen LogP contribution in [0.15, 0.2) is 59.5 Å².